The van der Waals surface area contributed by atoms with Crippen LogP contribution in [0.1, 0.15) is 16.1 Å². The Morgan fingerprint density at radius 3 is 2.50 bits per heavy atom. The second-order valence-electron chi connectivity index (χ2n) is 7.94. The average molecular weight is 457 g/mol. The second-order valence-corrected chi connectivity index (χ2v) is 7.94. The molecular weight excluding hydrogens is 434 g/mol. The normalized spacial score (nSPS) is 13.6. The number of para-hydroxylation sites is 1. The van der Waals surface area contributed by atoms with Gasteiger partial charge in [0, 0.05) is 41.6 Å². The van der Waals surface area contributed by atoms with Gasteiger partial charge in [0.05, 0.1) is 13.2 Å². The number of nitrogens with zero attached hydrogens (tertiary/aromatic N) is 3. The van der Waals surface area contributed by atoms with Gasteiger partial charge in [-0.2, -0.15) is 4.98 Å². The smallest absolute Gasteiger partial charge is 0.349 e. The highest BCUT2D eigenvalue weighted by Crippen LogP contribution is 2.21. The van der Waals surface area contributed by atoms with Crippen LogP contribution in [-0.2, 0) is 4.74 Å². The first-order valence-corrected chi connectivity index (χ1v) is 10.9. The Kier molecular flexibility index (Phi) is 5.92. The number of nitrogens with one attached hydrogen (secondary N) is 2. The number of morpholine rings is 1. The molecule has 172 valence electrons. The summed E-state index contributed by atoms with van der Waals surface area (Å²) in [5.74, 6) is 0.824. The Balaban J connectivity index is 1.29. The number of hydrogen-bond acceptors (Lipinski definition) is 8. The van der Waals surface area contributed by atoms with Crippen LogP contribution in [0.4, 0.5) is 23.1 Å². The summed E-state index contributed by atoms with van der Waals surface area (Å²) in [6, 6.07) is 17.6. The van der Waals surface area contributed by atoms with Crippen molar-refractivity contribution in [1.82, 2.24) is 9.97 Å². The third kappa shape index (κ3) is 4.74. The van der Waals surface area contributed by atoms with Crippen LogP contribution in [0.3, 0.4) is 0 Å². The number of anilines is 4. The molecule has 2 N–H and O–H groups in total. The molecule has 1 fully saturated rings. The van der Waals surface area contributed by atoms with E-state index in [1.807, 2.05) is 31.2 Å². The van der Waals surface area contributed by atoms with Crippen molar-refractivity contribution in [3.63, 3.8) is 0 Å². The van der Waals surface area contributed by atoms with E-state index in [4.69, 9.17) is 9.15 Å². The summed E-state index contributed by atoms with van der Waals surface area (Å²) in [4.78, 5) is 36.2. The number of carbonyl (C=O) groups is 1. The zero-order valence-corrected chi connectivity index (χ0v) is 18.6. The van der Waals surface area contributed by atoms with Crippen molar-refractivity contribution < 1.29 is 13.9 Å². The maximum atomic E-state index is 12.7. The first kappa shape index (κ1) is 21.6. The van der Waals surface area contributed by atoms with Gasteiger partial charge in [-0.3, -0.25) is 4.79 Å². The van der Waals surface area contributed by atoms with Crippen LogP contribution in [0.25, 0.3) is 11.0 Å². The molecule has 0 bridgehead atoms. The van der Waals surface area contributed by atoms with Crippen molar-refractivity contribution in [3.05, 3.63) is 82.3 Å². The zero-order valence-electron chi connectivity index (χ0n) is 18.6. The van der Waals surface area contributed by atoms with Gasteiger partial charge in [-0.15, -0.1) is 0 Å². The molecule has 0 atom stereocenters. The minimum atomic E-state index is -0.676. The largest absolute Gasteiger partial charge is 0.422 e. The molecule has 0 saturated carbocycles. The summed E-state index contributed by atoms with van der Waals surface area (Å²) in [5, 5.41) is 6.71. The lowest BCUT2D eigenvalue weighted by Crippen LogP contribution is -2.37. The number of aromatic nitrogens is 2. The van der Waals surface area contributed by atoms with E-state index in [0.29, 0.717) is 41.6 Å². The molecule has 1 aliphatic rings. The fraction of sp³-hybridized carbons (Fsp3) is 0.200. The van der Waals surface area contributed by atoms with Crippen molar-refractivity contribution in [2.75, 3.05) is 41.8 Å². The monoisotopic (exact) mass is 457 g/mol. The fourth-order valence-electron chi connectivity index (χ4n) is 3.73. The molecule has 34 heavy (non-hydrogen) atoms. The molecule has 0 spiro atoms. The Labute approximate surface area is 195 Å². The lowest BCUT2D eigenvalue weighted by molar-refractivity contribution is 0.102. The standard InChI is InChI=1S/C25H23N5O4/c1-16-14-22(29-25(26-16)30-10-12-33-13-11-30)27-18-6-8-19(9-7-18)28-23(31)20-15-17-4-2-3-5-21(17)34-24(20)32/h2-9,14-15H,10-13H2,1H3,(H,28,31)(H,26,27,29). The fourth-order valence-corrected chi connectivity index (χ4v) is 3.73. The predicted octanol–water partition coefficient (Wildman–Crippen LogP) is 3.72. The van der Waals surface area contributed by atoms with E-state index in [9.17, 15) is 9.59 Å². The molecule has 9 heteroatoms. The quantitative estimate of drug-likeness (QED) is 0.437. The molecular formula is C25H23N5O4. The van der Waals surface area contributed by atoms with Crippen LogP contribution in [0.5, 0.6) is 0 Å². The van der Waals surface area contributed by atoms with Crippen molar-refractivity contribution in [2.45, 2.75) is 6.92 Å². The van der Waals surface area contributed by atoms with Crippen LogP contribution in [0.15, 0.2) is 69.9 Å². The Bertz CT molecular complexity index is 1390. The minimum Gasteiger partial charge on any atom is -0.422 e. The van der Waals surface area contributed by atoms with Gasteiger partial charge in [-0.25, -0.2) is 9.78 Å². The topological polar surface area (TPSA) is 110 Å². The van der Waals surface area contributed by atoms with Gasteiger partial charge >= 0.3 is 5.63 Å². The van der Waals surface area contributed by atoms with E-state index < -0.39 is 11.5 Å². The number of rotatable bonds is 5. The second kappa shape index (κ2) is 9.32. The highest BCUT2D eigenvalue weighted by Gasteiger charge is 2.16. The lowest BCUT2D eigenvalue weighted by atomic mass is 10.1. The summed E-state index contributed by atoms with van der Waals surface area (Å²) < 4.78 is 10.7. The van der Waals surface area contributed by atoms with E-state index in [2.05, 4.69) is 25.5 Å². The Morgan fingerprint density at radius 2 is 1.71 bits per heavy atom. The van der Waals surface area contributed by atoms with Gasteiger partial charge in [0.25, 0.3) is 5.91 Å². The number of hydrogen-bond donors (Lipinski definition) is 2. The summed E-state index contributed by atoms with van der Waals surface area (Å²) in [7, 11) is 0. The van der Waals surface area contributed by atoms with Crippen LogP contribution >= 0.6 is 0 Å². The van der Waals surface area contributed by atoms with E-state index >= 15 is 0 Å². The maximum Gasteiger partial charge on any atom is 0.349 e. The third-order valence-corrected chi connectivity index (χ3v) is 5.44. The number of aryl methyl sites for hydroxylation is 1. The Morgan fingerprint density at radius 1 is 0.971 bits per heavy atom. The Hall–Kier alpha value is -4.24. The van der Waals surface area contributed by atoms with E-state index in [1.165, 1.54) is 6.07 Å². The van der Waals surface area contributed by atoms with E-state index in [-0.39, 0.29) is 5.56 Å². The zero-order chi connectivity index (χ0) is 23.5. The predicted molar refractivity (Wildman–Crippen MR) is 130 cm³/mol. The molecule has 5 rings (SSSR count). The molecule has 4 aromatic rings. The molecule has 2 aromatic heterocycles. The molecule has 1 amide bonds. The van der Waals surface area contributed by atoms with E-state index in [0.717, 1.165) is 24.5 Å². The minimum absolute atomic E-state index is 0.0481. The van der Waals surface area contributed by atoms with Crippen LogP contribution < -0.4 is 21.2 Å². The first-order chi connectivity index (χ1) is 16.5. The van der Waals surface area contributed by atoms with E-state index in [1.54, 1.807) is 30.3 Å². The molecule has 2 aromatic carbocycles. The van der Waals surface area contributed by atoms with Gasteiger partial charge in [0.1, 0.15) is 17.0 Å². The summed E-state index contributed by atoms with van der Waals surface area (Å²) in [5.41, 5.74) is 1.93. The van der Waals surface area contributed by atoms with Crippen molar-refractivity contribution >= 4 is 40.0 Å². The third-order valence-electron chi connectivity index (χ3n) is 5.44. The highest BCUT2D eigenvalue weighted by atomic mass is 16.5. The van der Waals surface area contributed by atoms with Gasteiger partial charge in [0.2, 0.25) is 5.95 Å². The lowest BCUT2D eigenvalue weighted by Gasteiger charge is -2.27. The van der Waals surface area contributed by atoms with Crippen LogP contribution in [0.2, 0.25) is 0 Å². The molecule has 0 radical (unpaired) electrons. The molecule has 9 nitrogen and oxygen atoms in total. The van der Waals surface area contributed by atoms with Gasteiger partial charge < -0.3 is 24.7 Å². The maximum absolute atomic E-state index is 12.7. The molecule has 3 heterocycles. The van der Waals surface area contributed by atoms with Crippen molar-refractivity contribution in [1.29, 1.82) is 0 Å². The summed E-state index contributed by atoms with van der Waals surface area (Å²) in [6.45, 7) is 4.77. The van der Waals surface area contributed by atoms with Crippen LogP contribution in [-0.4, -0.2) is 42.2 Å². The molecule has 0 aliphatic carbocycles. The molecule has 1 saturated heterocycles. The number of fused-ring (bicyclic) bond motifs is 1. The number of carbonyl (C=O) groups excluding carboxylic acids is 1. The first-order valence-electron chi connectivity index (χ1n) is 10.9. The van der Waals surface area contributed by atoms with Crippen molar-refractivity contribution in [3.8, 4) is 0 Å². The number of amides is 1. The SMILES string of the molecule is Cc1cc(Nc2ccc(NC(=O)c3cc4ccccc4oc3=O)cc2)nc(N2CCOCC2)n1. The van der Waals surface area contributed by atoms with Crippen LogP contribution in [0, 0.1) is 6.92 Å². The molecule has 1 aliphatic heterocycles. The van der Waals surface area contributed by atoms with Gasteiger partial charge in [-0.1, -0.05) is 18.2 Å². The highest BCUT2D eigenvalue weighted by molar-refractivity contribution is 6.05. The summed E-state index contributed by atoms with van der Waals surface area (Å²) >= 11 is 0. The van der Waals surface area contributed by atoms with Gasteiger partial charge in [0.15, 0.2) is 0 Å². The average Bonchev–Trinajstić information content (AvgIpc) is 2.85. The molecule has 0 unspecified atom stereocenters. The van der Waals surface area contributed by atoms with Crippen molar-refractivity contribution in [2.24, 2.45) is 0 Å². The van der Waals surface area contributed by atoms with Gasteiger partial charge in [-0.05, 0) is 43.3 Å². The number of benzene rings is 2. The number of ether oxygens (including phenoxy) is 1. The summed E-state index contributed by atoms with van der Waals surface area (Å²) in [6.07, 6.45) is 0.